The minimum absolute atomic E-state index is 0.0926. The second-order valence-electron chi connectivity index (χ2n) is 7.52. The molecule has 9 nitrogen and oxygen atoms in total. The molecule has 30 heavy (non-hydrogen) atoms. The van der Waals surface area contributed by atoms with Gasteiger partial charge in [-0.3, -0.25) is 9.69 Å². The van der Waals surface area contributed by atoms with E-state index in [1.165, 1.54) is 36.2 Å². The van der Waals surface area contributed by atoms with Crippen LogP contribution < -0.4 is 16.6 Å². The Bertz CT molecular complexity index is 1060. The van der Waals surface area contributed by atoms with Gasteiger partial charge in [-0.1, -0.05) is 24.3 Å². The highest BCUT2D eigenvalue weighted by molar-refractivity contribution is 5.88. The number of nitrogens with one attached hydrogen (secondary N) is 1. The lowest BCUT2D eigenvalue weighted by Gasteiger charge is -2.15. The highest BCUT2D eigenvalue weighted by Gasteiger charge is 2.14. The van der Waals surface area contributed by atoms with Crippen LogP contribution in [0.2, 0.25) is 0 Å². The van der Waals surface area contributed by atoms with Gasteiger partial charge >= 0.3 is 0 Å². The quantitative estimate of drug-likeness (QED) is 0.538. The van der Waals surface area contributed by atoms with E-state index in [9.17, 15) is 4.79 Å². The Balaban J connectivity index is 1.56. The van der Waals surface area contributed by atoms with Crippen molar-refractivity contribution in [2.24, 2.45) is 0 Å². The predicted octanol–water partition coefficient (Wildman–Crippen LogP) is 1.47. The zero-order valence-corrected chi connectivity index (χ0v) is 17.2. The van der Waals surface area contributed by atoms with Crippen LogP contribution in [0.1, 0.15) is 24.0 Å². The number of fused-ring (bicyclic) bond motifs is 1. The Morgan fingerprint density at radius 1 is 1.10 bits per heavy atom. The molecule has 0 unspecified atom stereocenters. The summed E-state index contributed by atoms with van der Waals surface area (Å²) in [4.78, 5) is 23.9. The third-order valence-corrected chi connectivity index (χ3v) is 5.28. The monoisotopic (exact) mass is 409 g/mol. The topological polar surface area (TPSA) is 111 Å². The number of hydrogen-bond acceptors (Lipinski definition) is 8. The molecule has 0 spiro atoms. The van der Waals surface area contributed by atoms with Gasteiger partial charge in [0.25, 0.3) is 5.56 Å². The summed E-state index contributed by atoms with van der Waals surface area (Å²) in [5.41, 5.74) is 8.24. The van der Waals surface area contributed by atoms with Crippen molar-refractivity contribution in [1.82, 2.24) is 24.6 Å². The normalized spacial score (nSPS) is 14.4. The van der Waals surface area contributed by atoms with Crippen LogP contribution in [0.25, 0.3) is 10.9 Å². The summed E-state index contributed by atoms with van der Waals surface area (Å²) < 4.78 is 6.48. The van der Waals surface area contributed by atoms with E-state index in [-0.39, 0.29) is 11.5 Å². The second-order valence-corrected chi connectivity index (χ2v) is 7.52. The summed E-state index contributed by atoms with van der Waals surface area (Å²) in [5, 5.41) is 7.76. The van der Waals surface area contributed by atoms with Crippen LogP contribution >= 0.6 is 0 Å². The third-order valence-electron chi connectivity index (χ3n) is 5.28. The molecule has 9 heteroatoms. The SMILES string of the molecule is COCCNc1nc(N)nc2cnn(Cc3ccc(CN4CCCC4)cc3)c(=O)c12. The van der Waals surface area contributed by atoms with Crippen LogP contribution in [0.3, 0.4) is 0 Å². The number of rotatable bonds is 8. The lowest BCUT2D eigenvalue weighted by Crippen LogP contribution is -2.25. The van der Waals surface area contributed by atoms with E-state index in [2.05, 4.69) is 49.5 Å². The van der Waals surface area contributed by atoms with E-state index in [0.717, 1.165) is 12.1 Å². The minimum atomic E-state index is -0.256. The summed E-state index contributed by atoms with van der Waals surface area (Å²) in [5.74, 6) is 0.492. The molecule has 0 atom stereocenters. The van der Waals surface area contributed by atoms with Crippen LogP contribution in [0.15, 0.2) is 35.3 Å². The van der Waals surface area contributed by atoms with Crippen molar-refractivity contribution in [3.8, 4) is 0 Å². The van der Waals surface area contributed by atoms with Crippen LogP contribution in [0.5, 0.6) is 0 Å². The molecule has 3 heterocycles. The molecule has 0 radical (unpaired) electrons. The van der Waals surface area contributed by atoms with Crippen molar-refractivity contribution in [3.05, 3.63) is 51.9 Å². The molecule has 0 amide bonds. The first-order valence-corrected chi connectivity index (χ1v) is 10.2. The van der Waals surface area contributed by atoms with Crippen LogP contribution in [-0.4, -0.2) is 58.0 Å². The Labute approximate surface area is 174 Å². The fourth-order valence-corrected chi connectivity index (χ4v) is 3.74. The molecular weight excluding hydrogens is 382 g/mol. The molecule has 3 aromatic rings. The highest BCUT2D eigenvalue weighted by atomic mass is 16.5. The van der Waals surface area contributed by atoms with Gasteiger partial charge in [-0.2, -0.15) is 10.1 Å². The number of likely N-dealkylation sites (tertiary alicyclic amines) is 1. The number of benzene rings is 1. The fraction of sp³-hybridized carbons (Fsp3) is 0.429. The number of methoxy groups -OCH3 is 1. The number of hydrogen-bond donors (Lipinski definition) is 2. The van der Waals surface area contributed by atoms with Crippen molar-refractivity contribution in [3.63, 3.8) is 0 Å². The molecule has 158 valence electrons. The maximum atomic E-state index is 13.1. The molecule has 0 saturated carbocycles. The number of ether oxygens (including phenoxy) is 1. The van der Waals surface area contributed by atoms with E-state index in [0.29, 0.717) is 36.4 Å². The van der Waals surface area contributed by atoms with Gasteiger partial charge in [-0.15, -0.1) is 0 Å². The standard InChI is InChI=1S/C21H27N7O2/c1-30-11-8-23-19-18-17(25-21(22)26-19)12-24-28(20(18)29)14-16-6-4-15(5-7-16)13-27-9-2-3-10-27/h4-7,12H,2-3,8-11,13-14H2,1H3,(H3,22,23,25,26). The zero-order chi connectivity index (χ0) is 20.9. The predicted molar refractivity (Wildman–Crippen MR) is 116 cm³/mol. The second kappa shape index (κ2) is 9.19. The summed E-state index contributed by atoms with van der Waals surface area (Å²) in [6.45, 7) is 4.68. The molecule has 1 aliphatic rings. The number of nitrogens with two attached hydrogens (primary N) is 1. The summed E-state index contributed by atoms with van der Waals surface area (Å²) in [7, 11) is 1.61. The van der Waals surface area contributed by atoms with Crippen molar-refractivity contribution in [1.29, 1.82) is 0 Å². The van der Waals surface area contributed by atoms with Gasteiger partial charge in [0.05, 0.1) is 19.3 Å². The molecule has 0 bridgehead atoms. The Hall–Kier alpha value is -3.04. The van der Waals surface area contributed by atoms with Crippen molar-refractivity contribution in [2.75, 3.05) is 44.4 Å². The van der Waals surface area contributed by atoms with Crippen molar-refractivity contribution < 1.29 is 4.74 Å². The summed E-state index contributed by atoms with van der Waals surface area (Å²) >= 11 is 0. The Morgan fingerprint density at radius 3 is 2.50 bits per heavy atom. The minimum Gasteiger partial charge on any atom is -0.383 e. The van der Waals surface area contributed by atoms with Crippen molar-refractivity contribution in [2.45, 2.75) is 25.9 Å². The number of nitrogens with zero attached hydrogens (tertiary/aromatic N) is 5. The van der Waals surface area contributed by atoms with Crippen molar-refractivity contribution >= 4 is 22.7 Å². The first kappa shape index (κ1) is 20.2. The maximum Gasteiger partial charge on any atom is 0.280 e. The number of aromatic nitrogens is 4. The largest absolute Gasteiger partial charge is 0.383 e. The van der Waals surface area contributed by atoms with Gasteiger partial charge in [0.2, 0.25) is 5.95 Å². The third kappa shape index (κ3) is 4.58. The molecule has 1 aromatic carbocycles. The molecular formula is C21H27N7O2. The first-order chi connectivity index (χ1) is 14.6. The van der Waals surface area contributed by atoms with Gasteiger partial charge < -0.3 is 15.8 Å². The van der Waals surface area contributed by atoms with Gasteiger partial charge in [-0.25, -0.2) is 9.67 Å². The van der Waals surface area contributed by atoms with Gasteiger partial charge in [-0.05, 0) is 37.1 Å². The Kier molecular flexibility index (Phi) is 6.20. The lowest BCUT2D eigenvalue weighted by atomic mass is 10.1. The summed E-state index contributed by atoms with van der Waals surface area (Å²) in [6.07, 6.45) is 4.12. The van der Waals surface area contributed by atoms with Crippen LogP contribution in [-0.2, 0) is 17.8 Å². The van der Waals surface area contributed by atoms with Gasteiger partial charge in [0, 0.05) is 20.2 Å². The molecule has 1 fully saturated rings. The van der Waals surface area contributed by atoms with Gasteiger partial charge in [0.1, 0.15) is 16.7 Å². The smallest absolute Gasteiger partial charge is 0.280 e. The number of anilines is 2. The van der Waals surface area contributed by atoms with E-state index in [1.807, 2.05) is 0 Å². The zero-order valence-electron chi connectivity index (χ0n) is 17.2. The number of nitrogen functional groups attached to an aromatic ring is 1. The average molecular weight is 409 g/mol. The van der Waals surface area contributed by atoms with E-state index < -0.39 is 0 Å². The molecule has 1 saturated heterocycles. The molecule has 0 aliphatic carbocycles. The molecule has 2 aromatic heterocycles. The maximum absolute atomic E-state index is 13.1. The van der Waals surface area contributed by atoms with Gasteiger partial charge in [0.15, 0.2) is 0 Å². The van der Waals surface area contributed by atoms with E-state index >= 15 is 0 Å². The van der Waals surface area contributed by atoms with Crippen LogP contribution in [0.4, 0.5) is 11.8 Å². The molecule has 3 N–H and O–H groups in total. The lowest BCUT2D eigenvalue weighted by molar-refractivity contribution is 0.210. The van der Waals surface area contributed by atoms with Crippen LogP contribution in [0, 0.1) is 0 Å². The van der Waals surface area contributed by atoms with E-state index in [1.54, 1.807) is 13.3 Å². The fourth-order valence-electron chi connectivity index (χ4n) is 3.74. The summed E-state index contributed by atoms with van der Waals surface area (Å²) in [6, 6.07) is 8.37. The molecule has 4 rings (SSSR count). The first-order valence-electron chi connectivity index (χ1n) is 10.2. The molecule has 1 aliphatic heterocycles. The Morgan fingerprint density at radius 2 is 1.80 bits per heavy atom. The van der Waals surface area contributed by atoms with E-state index in [4.69, 9.17) is 10.5 Å². The average Bonchev–Trinajstić information content (AvgIpc) is 3.24. The highest BCUT2D eigenvalue weighted by Crippen LogP contribution is 2.17.